The van der Waals surface area contributed by atoms with Gasteiger partial charge in [-0.15, -0.1) is 0 Å². The van der Waals surface area contributed by atoms with Gasteiger partial charge in [0, 0.05) is 12.6 Å². The molecule has 1 atom stereocenters. The Bertz CT molecular complexity index is 391. The average molecular weight is 250 g/mol. The van der Waals surface area contributed by atoms with Crippen LogP contribution >= 0.6 is 0 Å². The first kappa shape index (κ1) is 13.2. The molecule has 18 heavy (non-hydrogen) atoms. The van der Waals surface area contributed by atoms with Crippen LogP contribution in [-0.4, -0.2) is 27.3 Å². The van der Waals surface area contributed by atoms with E-state index in [4.69, 9.17) is 15.2 Å². The lowest BCUT2D eigenvalue weighted by Gasteiger charge is -2.18. The zero-order chi connectivity index (χ0) is 13.0. The standard InChI is InChI=1S/C14H22N2O2/c1-17-13-6-5-11(7-14(13)18-2)12(8-15)16-9-10-3-4-10/h5-7,10,12,16H,3-4,8-9,15H2,1-2H3. The number of benzene rings is 1. The molecule has 1 fully saturated rings. The van der Waals surface area contributed by atoms with Gasteiger partial charge in [-0.1, -0.05) is 6.07 Å². The second-order valence-corrected chi connectivity index (χ2v) is 4.75. The van der Waals surface area contributed by atoms with Crippen LogP contribution < -0.4 is 20.5 Å². The Kier molecular flexibility index (Phi) is 4.44. The minimum absolute atomic E-state index is 0.186. The SMILES string of the molecule is COc1ccc(C(CN)NCC2CC2)cc1OC. The number of ether oxygens (including phenoxy) is 2. The Morgan fingerprint density at radius 2 is 2.00 bits per heavy atom. The van der Waals surface area contributed by atoms with E-state index in [1.165, 1.54) is 12.8 Å². The van der Waals surface area contributed by atoms with E-state index in [0.29, 0.717) is 6.54 Å². The summed E-state index contributed by atoms with van der Waals surface area (Å²) in [6.07, 6.45) is 2.69. The molecular weight excluding hydrogens is 228 g/mol. The van der Waals surface area contributed by atoms with Crippen molar-refractivity contribution in [2.45, 2.75) is 18.9 Å². The van der Waals surface area contributed by atoms with Crippen molar-refractivity contribution in [3.05, 3.63) is 23.8 Å². The number of hydrogen-bond donors (Lipinski definition) is 2. The monoisotopic (exact) mass is 250 g/mol. The zero-order valence-electron chi connectivity index (χ0n) is 11.1. The van der Waals surface area contributed by atoms with Crippen molar-refractivity contribution in [2.75, 3.05) is 27.3 Å². The second-order valence-electron chi connectivity index (χ2n) is 4.75. The van der Waals surface area contributed by atoms with Crippen molar-refractivity contribution in [1.29, 1.82) is 0 Å². The molecule has 0 spiro atoms. The van der Waals surface area contributed by atoms with Crippen LogP contribution in [0, 0.1) is 5.92 Å². The highest BCUT2D eigenvalue weighted by atomic mass is 16.5. The van der Waals surface area contributed by atoms with E-state index in [-0.39, 0.29) is 6.04 Å². The van der Waals surface area contributed by atoms with Crippen LogP contribution in [0.5, 0.6) is 11.5 Å². The molecule has 0 saturated heterocycles. The number of rotatable bonds is 7. The van der Waals surface area contributed by atoms with Crippen LogP contribution in [0.2, 0.25) is 0 Å². The number of hydrogen-bond acceptors (Lipinski definition) is 4. The summed E-state index contributed by atoms with van der Waals surface area (Å²) in [5, 5.41) is 3.52. The summed E-state index contributed by atoms with van der Waals surface area (Å²) in [6.45, 7) is 1.64. The summed E-state index contributed by atoms with van der Waals surface area (Å²) >= 11 is 0. The van der Waals surface area contributed by atoms with Gasteiger partial charge in [0.05, 0.1) is 14.2 Å². The molecule has 0 aromatic heterocycles. The van der Waals surface area contributed by atoms with Gasteiger partial charge in [-0.05, 0) is 43.0 Å². The molecule has 0 heterocycles. The average Bonchev–Trinajstić information content (AvgIpc) is 3.23. The highest BCUT2D eigenvalue weighted by Gasteiger charge is 2.22. The van der Waals surface area contributed by atoms with E-state index in [0.717, 1.165) is 29.5 Å². The highest BCUT2D eigenvalue weighted by Crippen LogP contribution is 2.31. The summed E-state index contributed by atoms with van der Waals surface area (Å²) in [5.41, 5.74) is 6.99. The third-order valence-electron chi connectivity index (χ3n) is 3.40. The fraction of sp³-hybridized carbons (Fsp3) is 0.571. The lowest BCUT2D eigenvalue weighted by atomic mass is 10.1. The normalized spacial score (nSPS) is 16.4. The lowest BCUT2D eigenvalue weighted by Crippen LogP contribution is -2.29. The Labute approximate surface area is 108 Å². The lowest BCUT2D eigenvalue weighted by molar-refractivity contribution is 0.353. The van der Waals surface area contributed by atoms with Crippen LogP contribution in [0.1, 0.15) is 24.4 Å². The smallest absolute Gasteiger partial charge is 0.161 e. The molecule has 0 amide bonds. The molecule has 1 unspecified atom stereocenters. The van der Waals surface area contributed by atoms with Gasteiger partial charge in [0.15, 0.2) is 11.5 Å². The minimum Gasteiger partial charge on any atom is -0.493 e. The molecule has 1 aromatic rings. The predicted octanol–water partition coefficient (Wildman–Crippen LogP) is 1.70. The third kappa shape index (κ3) is 3.15. The van der Waals surface area contributed by atoms with E-state index < -0.39 is 0 Å². The van der Waals surface area contributed by atoms with E-state index in [9.17, 15) is 0 Å². The van der Waals surface area contributed by atoms with Crippen LogP contribution in [0.3, 0.4) is 0 Å². The first-order valence-corrected chi connectivity index (χ1v) is 6.43. The molecule has 1 aromatic carbocycles. The first-order valence-electron chi connectivity index (χ1n) is 6.43. The van der Waals surface area contributed by atoms with Gasteiger partial charge < -0.3 is 20.5 Å². The van der Waals surface area contributed by atoms with Crippen molar-refractivity contribution in [2.24, 2.45) is 11.7 Å². The summed E-state index contributed by atoms with van der Waals surface area (Å²) in [7, 11) is 3.29. The maximum atomic E-state index is 5.84. The molecule has 0 bridgehead atoms. The summed E-state index contributed by atoms with van der Waals surface area (Å²) in [5.74, 6) is 2.35. The van der Waals surface area contributed by atoms with Gasteiger partial charge in [-0.25, -0.2) is 0 Å². The second kappa shape index (κ2) is 6.07. The Morgan fingerprint density at radius 1 is 1.28 bits per heavy atom. The van der Waals surface area contributed by atoms with Crippen molar-refractivity contribution in [1.82, 2.24) is 5.32 Å². The van der Waals surface area contributed by atoms with Crippen molar-refractivity contribution in [3.63, 3.8) is 0 Å². The number of methoxy groups -OCH3 is 2. The Balaban J connectivity index is 2.08. The maximum absolute atomic E-state index is 5.84. The van der Waals surface area contributed by atoms with Crippen molar-refractivity contribution >= 4 is 0 Å². The molecular formula is C14H22N2O2. The van der Waals surface area contributed by atoms with Crippen molar-refractivity contribution < 1.29 is 9.47 Å². The molecule has 4 nitrogen and oxygen atoms in total. The highest BCUT2D eigenvalue weighted by molar-refractivity contribution is 5.43. The van der Waals surface area contributed by atoms with Crippen LogP contribution in [0.4, 0.5) is 0 Å². The molecule has 0 aliphatic heterocycles. The molecule has 0 radical (unpaired) electrons. The van der Waals surface area contributed by atoms with Gasteiger partial charge in [0.2, 0.25) is 0 Å². The molecule has 3 N–H and O–H groups in total. The van der Waals surface area contributed by atoms with E-state index in [1.54, 1.807) is 14.2 Å². The Hall–Kier alpha value is -1.26. The van der Waals surface area contributed by atoms with Crippen LogP contribution in [-0.2, 0) is 0 Å². The van der Waals surface area contributed by atoms with Gasteiger partial charge >= 0.3 is 0 Å². The number of nitrogens with one attached hydrogen (secondary N) is 1. The molecule has 1 aliphatic rings. The van der Waals surface area contributed by atoms with Crippen LogP contribution in [0.25, 0.3) is 0 Å². The largest absolute Gasteiger partial charge is 0.493 e. The quantitative estimate of drug-likeness (QED) is 0.773. The van der Waals surface area contributed by atoms with E-state index >= 15 is 0 Å². The Morgan fingerprint density at radius 3 is 2.56 bits per heavy atom. The predicted molar refractivity (Wildman–Crippen MR) is 72.1 cm³/mol. The zero-order valence-corrected chi connectivity index (χ0v) is 11.1. The van der Waals surface area contributed by atoms with E-state index in [1.807, 2.05) is 18.2 Å². The minimum atomic E-state index is 0.186. The maximum Gasteiger partial charge on any atom is 0.161 e. The molecule has 2 rings (SSSR count). The fourth-order valence-corrected chi connectivity index (χ4v) is 2.04. The molecule has 1 saturated carbocycles. The molecule has 1 aliphatic carbocycles. The van der Waals surface area contributed by atoms with Gasteiger partial charge in [0.25, 0.3) is 0 Å². The summed E-state index contributed by atoms with van der Waals surface area (Å²) < 4.78 is 10.6. The molecule has 100 valence electrons. The van der Waals surface area contributed by atoms with E-state index in [2.05, 4.69) is 5.32 Å². The van der Waals surface area contributed by atoms with Crippen LogP contribution in [0.15, 0.2) is 18.2 Å². The first-order chi connectivity index (χ1) is 8.78. The van der Waals surface area contributed by atoms with Crippen molar-refractivity contribution in [3.8, 4) is 11.5 Å². The third-order valence-corrected chi connectivity index (χ3v) is 3.40. The van der Waals surface area contributed by atoms with Gasteiger partial charge in [-0.3, -0.25) is 0 Å². The number of nitrogens with two attached hydrogens (primary N) is 1. The summed E-state index contributed by atoms with van der Waals surface area (Å²) in [4.78, 5) is 0. The summed E-state index contributed by atoms with van der Waals surface area (Å²) in [6, 6.07) is 6.15. The van der Waals surface area contributed by atoms with Gasteiger partial charge in [0.1, 0.15) is 0 Å². The fourth-order valence-electron chi connectivity index (χ4n) is 2.04. The van der Waals surface area contributed by atoms with Gasteiger partial charge in [-0.2, -0.15) is 0 Å². The molecule has 4 heteroatoms. The topological polar surface area (TPSA) is 56.5 Å².